The monoisotopic (exact) mass is 715 g/mol. The van der Waals surface area contributed by atoms with E-state index in [1.165, 1.54) is 77.5 Å². The quantitative estimate of drug-likeness (QED) is 0.159. The fraction of sp³-hybridized carbons (Fsp3) is 0.0545. The molecule has 10 rings (SSSR count). The molecule has 0 saturated carbocycles. The SMILES string of the molecule is CC1(C)c2ccccc2-c2ccc(-c3ccc(N(c4ccc(-c5cccc(-c6ccccc6)c5)cc4)c4cccc(-c5ccc6ccccc6c5)c4)cc3)cc21. The number of hydrogen-bond donors (Lipinski definition) is 0. The summed E-state index contributed by atoms with van der Waals surface area (Å²) in [7, 11) is 0. The molecule has 266 valence electrons. The minimum atomic E-state index is -0.0379. The van der Waals surface area contributed by atoms with Gasteiger partial charge in [0.2, 0.25) is 0 Å². The van der Waals surface area contributed by atoms with Crippen molar-refractivity contribution in [2.75, 3.05) is 4.90 Å². The summed E-state index contributed by atoms with van der Waals surface area (Å²) in [4.78, 5) is 2.38. The third kappa shape index (κ3) is 5.99. The van der Waals surface area contributed by atoms with E-state index < -0.39 is 0 Å². The van der Waals surface area contributed by atoms with Crippen LogP contribution in [-0.2, 0) is 5.41 Å². The molecule has 0 heterocycles. The standard InChI is InChI=1S/C55H41N/c1-55(2)53-21-9-8-20-51(53)52-33-28-47(37-54(52)55)41-26-31-49(32-27-41)56(50-19-11-18-45(36-50)46-23-22-39-14-6-7-15-42(39)35-46)48-29-24-40(25-30-48)44-17-10-16-43(34-44)38-12-4-3-5-13-38/h3-37H,1-2H3. The van der Waals surface area contributed by atoms with Gasteiger partial charge in [-0.15, -0.1) is 0 Å². The van der Waals surface area contributed by atoms with Gasteiger partial charge in [-0.1, -0.05) is 172 Å². The molecule has 1 aliphatic carbocycles. The van der Waals surface area contributed by atoms with Gasteiger partial charge < -0.3 is 4.90 Å². The molecule has 9 aromatic carbocycles. The fourth-order valence-corrected chi connectivity index (χ4v) is 8.64. The second-order valence-corrected chi connectivity index (χ2v) is 15.4. The van der Waals surface area contributed by atoms with E-state index in [4.69, 9.17) is 0 Å². The molecule has 0 bridgehead atoms. The van der Waals surface area contributed by atoms with Crippen LogP contribution in [0.4, 0.5) is 17.1 Å². The van der Waals surface area contributed by atoms with Gasteiger partial charge in [0, 0.05) is 22.5 Å². The van der Waals surface area contributed by atoms with Gasteiger partial charge in [0.25, 0.3) is 0 Å². The first-order valence-electron chi connectivity index (χ1n) is 19.5. The molecule has 9 aromatic rings. The van der Waals surface area contributed by atoms with Crippen LogP contribution in [0.2, 0.25) is 0 Å². The lowest BCUT2D eigenvalue weighted by Gasteiger charge is -2.26. The van der Waals surface area contributed by atoms with Gasteiger partial charge in [0.15, 0.2) is 0 Å². The highest BCUT2D eigenvalue weighted by atomic mass is 15.1. The van der Waals surface area contributed by atoms with Crippen LogP contribution in [0.5, 0.6) is 0 Å². The molecule has 0 spiro atoms. The number of rotatable bonds is 7. The van der Waals surface area contributed by atoms with E-state index >= 15 is 0 Å². The molecular formula is C55H41N. The summed E-state index contributed by atoms with van der Waals surface area (Å²) >= 11 is 0. The van der Waals surface area contributed by atoms with Crippen molar-refractivity contribution >= 4 is 27.8 Å². The smallest absolute Gasteiger partial charge is 0.0467 e. The van der Waals surface area contributed by atoms with Gasteiger partial charge >= 0.3 is 0 Å². The van der Waals surface area contributed by atoms with Crippen molar-refractivity contribution in [3.63, 3.8) is 0 Å². The lowest BCUT2D eigenvalue weighted by Crippen LogP contribution is -2.14. The first-order valence-corrected chi connectivity index (χ1v) is 19.5. The average molecular weight is 716 g/mol. The third-order valence-corrected chi connectivity index (χ3v) is 11.7. The highest BCUT2D eigenvalue weighted by Crippen LogP contribution is 2.49. The second kappa shape index (κ2) is 13.7. The molecule has 0 fully saturated rings. The van der Waals surface area contributed by atoms with Crippen molar-refractivity contribution in [3.05, 3.63) is 223 Å². The van der Waals surface area contributed by atoms with Gasteiger partial charge in [0.05, 0.1) is 0 Å². The second-order valence-electron chi connectivity index (χ2n) is 15.4. The molecule has 0 aliphatic heterocycles. The number of nitrogens with zero attached hydrogens (tertiary/aromatic N) is 1. The van der Waals surface area contributed by atoms with E-state index in [9.17, 15) is 0 Å². The summed E-state index contributed by atoms with van der Waals surface area (Å²) in [6.45, 7) is 4.69. The number of anilines is 3. The lowest BCUT2D eigenvalue weighted by molar-refractivity contribution is 0.660. The first-order chi connectivity index (χ1) is 27.5. The molecule has 0 saturated heterocycles. The molecule has 1 heteroatoms. The number of benzene rings is 9. The van der Waals surface area contributed by atoms with Crippen LogP contribution in [0.3, 0.4) is 0 Å². The minimum absolute atomic E-state index is 0.0379. The zero-order valence-corrected chi connectivity index (χ0v) is 31.7. The van der Waals surface area contributed by atoms with Crippen molar-refractivity contribution in [2.45, 2.75) is 19.3 Å². The first kappa shape index (κ1) is 33.6. The Bertz CT molecular complexity index is 2860. The van der Waals surface area contributed by atoms with Crippen molar-refractivity contribution < 1.29 is 0 Å². The average Bonchev–Trinajstić information content (AvgIpc) is 3.50. The summed E-state index contributed by atoms with van der Waals surface area (Å²) < 4.78 is 0. The van der Waals surface area contributed by atoms with E-state index in [0.29, 0.717) is 0 Å². The van der Waals surface area contributed by atoms with Crippen molar-refractivity contribution in [1.29, 1.82) is 0 Å². The van der Waals surface area contributed by atoms with Crippen molar-refractivity contribution in [1.82, 2.24) is 0 Å². The summed E-state index contributed by atoms with van der Waals surface area (Å²) in [6.07, 6.45) is 0. The van der Waals surface area contributed by atoms with Crippen LogP contribution in [0, 0.1) is 0 Å². The molecule has 0 N–H and O–H groups in total. The predicted octanol–water partition coefficient (Wildman–Crippen LogP) is 15.3. The number of fused-ring (bicyclic) bond motifs is 4. The Morgan fingerprint density at radius 1 is 0.286 bits per heavy atom. The van der Waals surface area contributed by atoms with Crippen molar-refractivity contribution in [2.24, 2.45) is 0 Å². The van der Waals surface area contributed by atoms with Gasteiger partial charge in [-0.3, -0.25) is 0 Å². The third-order valence-electron chi connectivity index (χ3n) is 11.7. The fourth-order valence-electron chi connectivity index (χ4n) is 8.64. The van der Waals surface area contributed by atoms with Crippen LogP contribution in [-0.4, -0.2) is 0 Å². The summed E-state index contributed by atoms with van der Waals surface area (Å²) in [5.41, 5.74) is 18.4. The van der Waals surface area contributed by atoms with Gasteiger partial charge in [-0.25, -0.2) is 0 Å². The molecule has 56 heavy (non-hydrogen) atoms. The van der Waals surface area contributed by atoms with Gasteiger partial charge in [-0.2, -0.15) is 0 Å². The Hall–Kier alpha value is -6.96. The van der Waals surface area contributed by atoms with E-state index in [1.807, 2.05) is 0 Å². The maximum absolute atomic E-state index is 2.40. The zero-order valence-electron chi connectivity index (χ0n) is 31.7. The molecular weight excluding hydrogens is 675 g/mol. The van der Waals surface area contributed by atoms with E-state index in [0.717, 1.165) is 17.1 Å². The molecule has 0 aromatic heterocycles. The largest absolute Gasteiger partial charge is 0.310 e. The summed E-state index contributed by atoms with van der Waals surface area (Å²) in [5.74, 6) is 0. The maximum atomic E-state index is 2.40. The van der Waals surface area contributed by atoms with Crippen LogP contribution < -0.4 is 4.90 Å². The minimum Gasteiger partial charge on any atom is -0.310 e. The highest BCUT2D eigenvalue weighted by Gasteiger charge is 2.35. The maximum Gasteiger partial charge on any atom is 0.0467 e. The Labute approximate surface area is 329 Å². The molecule has 1 nitrogen and oxygen atoms in total. The van der Waals surface area contributed by atoms with Crippen molar-refractivity contribution in [3.8, 4) is 55.6 Å². The van der Waals surface area contributed by atoms with E-state index in [1.54, 1.807) is 0 Å². The van der Waals surface area contributed by atoms with Crippen LogP contribution in [0.1, 0.15) is 25.0 Å². The van der Waals surface area contributed by atoms with Crippen LogP contribution >= 0.6 is 0 Å². The Morgan fingerprint density at radius 2 is 0.768 bits per heavy atom. The Kier molecular flexibility index (Phi) is 8.23. The molecule has 0 atom stereocenters. The molecule has 1 aliphatic rings. The van der Waals surface area contributed by atoms with Gasteiger partial charge in [-0.05, 0) is 132 Å². The zero-order chi connectivity index (χ0) is 37.6. The predicted molar refractivity (Wildman–Crippen MR) is 238 cm³/mol. The van der Waals surface area contributed by atoms with Gasteiger partial charge in [0.1, 0.15) is 0 Å². The summed E-state index contributed by atoms with van der Waals surface area (Å²) in [5, 5.41) is 2.49. The van der Waals surface area contributed by atoms with Crippen LogP contribution in [0.15, 0.2) is 212 Å². The number of hydrogen-bond acceptors (Lipinski definition) is 1. The normalized spacial score (nSPS) is 12.6. The topological polar surface area (TPSA) is 3.24 Å². The summed E-state index contributed by atoms with van der Waals surface area (Å²) in [6, 6.07) is 77.6. The van der Waals surface area contributed by atoms with E-state index in [2.05, 4.69) is 231 Å². The molecule has 0 radical (unpaired) electrons. The lowest BCUT2D eigenvalue weighted by atomic mass is 9.81. The Morgan fingerprint density at radius 3 is 1.48 bits per heavy atom. The Balaban J connectivity index is 1.03. The van der Waals surface area contributed by atoms with E-state index in [-0.39, 0.29) is 5.41 Å². The molecule has 0 amide bonds. The molecule has 0 unspecified atom stereocenters. The highest BCUT2D eigenvalue weighted by molar-refractivity contribution is 5.89. The van der Waals surface area contributed by atoms with Crippen LogP contribution in [0.25, 0.3) is 66.4 Å².